The lowest BCUT2D eigenvalue weighted by Crippen LogP contribution is -2.03. The molecule has 16 heavy (non-hydrogen) atoms. The van der Waals surface area contributed by atoms with Crippen molar-refractivity contribution in [2.75, 3.05) is 11.9 Å². The van der Waals surface area contributed by atoms with Gasteiger partial charge in [-0.3, -0.25) is 9.67 Å². The molecule has 0 spiro atoms. The normalized spacial score (nSPS) is 10.4. The Morgan fingerprint density at radius 3 is 2.94 bits per heavy atom. The minimum absolute atomic E-state index is 0.795. The molecule has 0 saturated heterocycles. The van der Waals surface area contributed by atoms with Crippen molar-refractivity contribution in [3.63, 3.8) is 0 Å². The van der Waals surface area contributed by atoms with Crippen molar-refractivity contribution in [3.05, 3.63) is 24.7 Å². The van der Waals surface area contributed by atoms with Gasteiger partial charge in [0.25, 0.3) is 0 Å². The quantitative estimate of drug-likeness (QED) is 0.848. The fourth-order valence-corrected chi connectivity index (χ4v) is 1.56. The molecule has 2 aromatic rings. The Bertz CT molecular complexity index is 463. The third kappa shape index (κ3) is 2.03. The van der Waals surface area contributed by atoms with Gasteiger partial charge in [0.05, 0.1) is 18.1 Å². The van der Waals surface area contributed by atoms with Gasteiger partial charge in [0.2, 0.25) is 0 Å². The second-order valence-electron chi connectivity index (χ2n) is 3.35. The van der Waals surface area contributed by atoms with E-state index in [4.69, 9.17) is 0 Å². The molecular formula is C11H15N5. The second kappa shape index (κ2) is 4.74. The molecule has 84 valence electrons. The van der Waals surface area contributed by atoms with Crippen LogP contribution in [0.25, 0.3) is 11.4 Å². The summed E-state index contributed by atoms with van der Waals surface area (Å²) >= 11 is 0. The highest BCUT2D eigenvalue weighted by Gasteiger charge is 2.06. The van der Waals surface area contributed by atoms with Crippen molar-refractivity contribution >= 4 is 5.82 Å². The lowest BCUT2D eigenvalue weighted by molar-refractivity contribution is 0.665. The summed E-state index contributed by atoms with van der Waals surface area (Å²) in [5, 5.41) is 7.36. The predicted octanol–water partition coefficient (Wildman–Crippen LogP) is 1.79. The molecule has 0 aliphatic carbocycles. The molecule has 5 heteroatoms. The van der Waals surface area contributed by atoms with Gasteiger partial charge >= 0.3 is 0 Å². The molecule has 0 saturated carbocycles. The van der Waals surface area contributed by atoms with Gasteiger partial charge in [0.1, 0.15) is 11.5 Å². The van der Waals surface area contributed by atoms with Gasteiger partial charge in [0.15, 0.2) is 0 Å². The summed E-state index contributed by atoms with van der Waals surface area (Å²) in [6.07, 6.45) is 5.25. The molecule has 0 fully saturated rings. The van der Waals surface area contributed by atoms with E-state index < -0.39 is 0 Å². The van der Waals surface area contributed by atoms with E-state index in [-0.39, 0.29) is 0 Å². The first-order chi connectivity index (χ1) is 7.85. The molecule has 5 nitrogen and oxygen atoms in total. The average Bonchev–Trinajstić information content (AvgIpc) is 2.78. The summed E-state index contributed by atoms with van der Waals surface area (Å²) in [5.74, 6) is 0.795. The van der Waals surface area contributed by atoms with E-state index in [0.29, 0.717) is 0 Å². The van der Waals surface area contributed by atoms with Gasteiger partial charge in [-0.25, -0.2) is 4.98 Å². The third-order valence-electron chi connectivity index (χ3n) is 2.27. The standard InChI is InChI=1S/C11H15N5/c1-3-13-11-8-12-7-9(15-11)10-5-6-14-16(10)4-2/h5-8H,3-4H2,1-2H3,(H,13,15). The molecule has 0 aliphatic rings. The van der Waals surface area contributed by atoms with Crippen molar-refractivity contribution in [2.45, 2.75) is 20.4 Å². The molecule has 2 heterocycles. The van der Waals surface area contributed by atoms with Crippen LogP contribution in [0.5, 0.6) is 0 Å². The van der Waals surface area contributed by atoms with E-state index in [2.05, 4.69) is 27.3 Å². The van der Waals surface area contributed by atoms with Crippen LogP contribution in [-0.4, -0.2) is 26.3 Å². The molecule has 0 bridgehead atoms. The smallest absolute Gasteiger partial charge is 0.145 e. The molecule has 0 unspecified atom stereocenters. The monoisotopic (exact) mass is 217 g/mol. The van der Waals surface area contributed by atoms with Crippen LogP contribution in [0.2, 0.25) is 0 Å². The van der Waals surface area contributed by atoms with Crippen LogP contribution in [0.3, 0.4) is 0 Å². The maximum absolute atomic E-state index is 4.48. The van der Waals surface area contributed by atoms with E-state index >= 15 is 0 Å². The van der Waals surface area contributed by atoms with E-state index in [9.17, 15) is 0 Å². The molecule has 0 aromatic carbocycles. The number of anilines is 1. The summed E-state index contributed by atoms with van der Waals surface area (Å²) in [7, 11) is 0. The lowest BCUT2D eigenvalue weighted by atomic mass is 10.3. The van der Waals surface area contributed by atoms with Gasteiger partial charge in [0, 0.05) is 19.3 Å². The van der Waals surface area contributed by atoms with Gasteiger partial charge in [-0.2, -0.15) is 5.10 Å². The average molecular weight is 217 g/mol. The summed E-state index contributed by atoms with van der Waals surface area (Å²) in [6.45, 7) is 5.75. The van der Waals surface area contributed by atoms with Gasteiger partial charge in [-0.1, -0.05) is 0 Å². The van der Waals surface area contributed by atoms with E-state index in [0.717, 1.165) is 30.3 Å². The molecule has 2 aromatic heterocycles. The summed E-state index contributed by atoms with van der Waals surface area (Å²) in [6, 6.07) is 1.95. The van der Waals surface area contributed by atoms with E-state index in [1.54, 1.807) is 18.6 Å². The summed E-state index contributed by atoms with van der Waals surface area (Å²) < 4.78 is 1.90. The van der Waals surface area contributed by atoms with Crippen molar-refractivity contribution in [1.29, 1.82) is 0 Å². The van der Waals surface area contributed by atoms with Crippen LogP contribution < -0.4 is 5.32 Å². The van der Waals surface area contributed by atoms with Gasteiger partial charge in [-0.05, 0) is 19.9 Å². The van der Waals surface area contributed by atoms with Crippen LogP contribution in [0.4, 0.5) is 5.82 Å². The fraction of sp³-hybridized carbons (Fsp3) is 0.364. The minimum atomic E-state index is 0.795. The molecular weight excluding hydrogens is 202 g/mol. The maximum atomic E-state index is 4.48. The number of nitrogens with zero attached hydrogens (tertiary/aromatic N) is 4. The van der Waals surface area contributed by atoms with Crippen LogP contribution in [-0.2, 0) is 6.54 Å². The molecule has 1 N–H and O–H groups in total. The Morgan fingerprint density at radius 2 is 2.19 bits per heavy atom. The topological polar surface area (TPSA) is 55.6 Å². The van der Waals surface area contributed by atoms with Crippen molar-refractivity contribution < 1.29 is 0 Å². The first kappa shape index (κ1) is 10.6. The highest BCUT2D eigenvalue weighted by atomic mass is 15.3. The third-order valence-corrected chi connectivity index (χ3v) is 2.27. The fourth-order valence-electron chi connectivity index (χ4n) is 1.56. The van der Waals surface area contributed by atoms with Gasteiger partial charge < -0.3 is 5.32 Å². The number of nitrogens with one attached hydrogen (secondary N) is 1. The lowest BCUT2D eigenvalue weighted by Gasteiger charge is -2.06. The van der Waals surface area contributed by atoms with Crippen molar-refractivity contribution in [2.24, 2.45) is 0 Å². The van der Waals surface area contributed by atoms with Crippen molar-refractivity contribution in [3.8, 4) is 11.4 Å². The molecule has 2 rings (SSSR count). The number of hydrogen-bond acceptors (Lipinski definition) is 4. The first-order valence-corrected chi connectivity index (χ1v) is 5.43. The summed E-state index contributed by atoms with van der Waals surface area (Å²) in [5.41, 5.74) is 1.84. The van der Waals surface area contributed by atoms with E-state index in [1.165, 1.54) is 0 Å². The maximum Gasteiger partial charge on any atom is 0.145 e. The van der Waals surface area contributed by atoms with Crippen LogP contribution in [0, 0.1) is 0 Å². The zero-order valence-corrected chi connectivity index (χ0v) is 9.51. The van der Waals surface area contributed by atoms with E-state index in [1.807, 2.05) is 17.7 Å². The first-order valence-electron chi connectivity index (χ1n) is 5.43. The summed E-state index contributed by atoms with van der Waals surface area (Å²) in [4.78, 5) is 8.65. The second-order valence-corrected chi connectivity index (χ2v) is 3.35. The zero-order chi connectivity index (χ0) is 11.4. The Labute approximate surface area is 94.5 Å². The zero-order valence-electron chi connectivity index (χ0n) is 9.51. The highest BCUT2D eigenvalue weighted by molar-refractivity contribution is 5.55. The number of aromatic nitrogens is 4. The number of aryl methyl sites for hydroxylation is 1. The predicted molar refractivity (Wildman–Crippen MR) is 63.1 cm³/mol. The van der Waals surface area contributed by atoms with Gasteiger partial charge in [-0.15, -0.1) is 0 Å². The largest absolute Gasteiger partial charge is 0.369 e. The van der Waals surface area contributed by atoms with Crippen LogP contribution >= 0.6 is 0 Å². The number of hydrogen-bond donors (Lipinski definition) is 1. The number of rotatable bonds is 4. The van der Waals surface area contributed by atoms with Crippen LogP contribution in [0.1, 0.15) is 13.8 Å². The Morgan fingerprint density at radius 1 is 1.31 bits per heavy atom. The van der Waals surface area contributed by atoms with Crippen molar-refractivity contribution in [1.82, 2.24) is 19.7 Å². The Balaban J connectivity index is 2.36. The molecule has 0 amide bonds. The molecule has 0 radical (unpaired) electrons. The Hall–Kier alpha value is -1.91. The SMILES string of the molecule is CCNc1cncc(-c2ccnn2CC)n1. The van der Waals surface area contributed by atoms with Crippen LogP contribution in [0.15, 0.2) is 24.7 Å². The Kier molecular flexibility index (Phi) is 3.14. The highest BCUT2D eigenvalue weighted by Crippen LogP contribution is 2.16. The minimum Gasteiger partial charge on any atom is -0.369 e. The molecule has 0 atom stereocenters. The molecule has 0 aliphatic heterocycles.